The summed E-state index contributed by atoms with van der Waals surface area (Å²) in [6.07, 6.45) is -0.0757. The van der Waals surface area contributed by atoms with E-state index in [1.165, 1.54) is 30.3 Å². The molecule has 3 atom stereocenters. The number of hydrogen-bond acceptors (Lipinski definition) is 4. The minimum atomic E-state index is -3.76. The summed E-state index contributed by atoms with van der Waals surface area (Å²) in [6, 6.07) is 11.7. The Morgan fingerprint density at radius 2 is 1.83 bits per heavy atom. The van der Waals surface area contributed by atoms with E-state index < -0.39 is 39.0 Å². The topological polar surface area (TPSA) is 83.5 Å². The zero-order chi connectivity index (χ0) is 17.3. The second-order valence-electron chi connectivity index (χ2n) is 5.72. The van der Waals surface area contributed by atoms with Crippen molar-refractivity contribution in [3.05, 3.63) is 66.0 Å². The molecule has 1 heterocycles. The van der Waals surface area contributed by atoms with Gasteiger partial charge in [-0.3, -0.25) is 10.1 Å². The lowest BCUT2D eigenvalue weighted by Gasteiger charge is -2.20. The largest absolute Gasteiger partial charge is 0.480 e. The Hall–Kier alpha value is -2.25. The second-order valence-corrected chi connectivity index (χ2v) is 7.89. The van der Waals surface area contributed by atoms with E-state index in [0.29, 0.717) is 5.56 Å². The van der Waals surface area contributed by atoms with Crippen LogP contribution in [-0.4, -0.2) is 30.8 Å². The van der Waals surface area contributed by atoms with Crippen molar-refractivity contribution in [2.75, 3.05) is 0 Å². The molecule has 0 bridgehead atoms. The zero-order valence-corrected chi connectivity index (χ0v) is 13.4. The third-order valence-electron chi connectivity index (χ3n) is 4.20. The number of aliphatic carboxylic acids is 1. The number of carboxylic acids is 1. The van der Waals surface area contributed by atoms with Gasteiger partial charge in [-0.05, 0) is 36.2 Å². The summed E-state index contributed by atoms with van der Waals surface area (Å²) in [5, 5.41) is 11.1. The van der Waals surface area contributed by atoms with Gasteiger partial charge < -0.3 is 5.11 Å². The Morgan fingerprint density at radius 1 is 1.12 bits per heavy atom. The number of halogens is 1. The van der Waals surface area contributed by atoms with Crippen LogP contribution in [0.15, 0.2) is 59.5 Å². The molecular weight excluding hydrogens is 333 g/mol. The van der Waals surface area contributed by atoms with Crippen LogP contribution in [0.25, 0.3) is 0 Å². The lowest BCUT2D eigenvalue weighted by molar-refractivity contribution is -0.139. The van der Waals surface area contributed by atoms with Crippen LogP contribution in [0.5, 0.6) is 0 Å². The van der Waals surface area contributed by atoms with Gasteiger partial charge in [-0.25, -0.2) is 12.8 Å². The first-order valence-electron chi connectivity index (χ1n) is 7.43. The van der Waals surface area contributed by atoms with Crippen LogP contribution in [0.1, 0.15) is 18.0 Å². The third kappa shape index (κ3) is 3.05. The van der Waals surface area contributed by atoms with Crippen LogP contribution in [0.4, 0.5) is 4.39 Å². The molecule has 126 valence electrons. The number of hydrogen-bond donors (Lipinski definition) is 2. The summed E-state index contributed by atoms with van der Waals surface area (Å²) in [7, 11) is -3.76. The quantitative estimate of drug-likeness (QED) is 0.884. The Labute approximate surface area is 139 Å². The van der Waals surface area contributed by atoms with Crippen molar-refractivity contribution < 1.29 is 22.7 Å². The standard InChI is InChI=1S/C17H16FNO4S/c18-12-6-4-5-11(9-12)16-15(10-14(19-16)17(20)21)24(22,23)13-7-2-1-3-8-13/h1-9,14-16,19H,10H2,(H,20,21)/t14-,15+,16-/m1/s1. The number of rotatable bonds is 4. The van der Waals surface area contributed by atoms with Crippen molar-refractivity contribution in [1.29, 1.82) is 0 Å². The van der Waals surface area contributed by atoms with Crippen molar-refractivity contribution in [3.63, 3.8) is 0 Å². The summed E-state index contributed by atoms with van der Waals surface area (Å²) in [4.78, 5) is 11.5. The van der Waals surface area contributed by atoms with E-state index in [0.717, 1.165) is 0 Å². The highest BCUT2D eigenvalue weighted by Crippen LogP contribution is 2.35. The number of sulfone groups is 1. The molecule has 0 aliphatic carbocycles. The molecular formula is C17H16FNO4S. The van der Waals surface area contributed by atoms with Gasteiger partial charge in [0, 0.05) is 0 Å². The van der Waals surface area contributed by atoms with Crippen LogP contribution in [-0.2, 0) is 14.6 Å². The van der Waals surface area contributed by atoms with Gasteiger partial charge in [0.15, 0.2) is 9.84 Å². The molecule has 0 radical (unpaired) electrons. The molecule has 1 aliphatic heterocycles. The summed E-state index contributed by atoms with van der Waals surface area (Å²) in [6.45, 7) is 0. The molecule has 0 amide bonds. The first-order valence-corrected chi connectivity index (χ1v) is 8.97. The molecule has 0 unspecified atom stereocenters. The van der Waals surface area contributed by atoms with Gasteiger partial charge in [-0.2, -0.15) is 0 Å². The summed E-state index contributed by atoms with van der Waals surface area (Å²) in [5.74, 6) is -1.62. The van der Waals surface area contributed by atoms with Crippen molar-refractivity contribution in [2.45, 2.75) is 28.6 Å². The smallest absolute Gasteiger partial charge is 0.320 e. The van der Waals surface area contributed by atoms with E-state index in [1.807, 2.05) is 0 Å². The molecule has 7 heteroatoms. The Bertz CT molecular complexity index is 854. The van der Waals surface area contributed by atoms with Crippen LogP contribution < -0.4 is 5.32 Å². The van der Waals surface area contributed by atoms with Crippen molar-refractivity contribution in [2.24, 2.45) is 0 Å². The monoisotopic (exact) mass is 349 g/mol. The van der Waals surface area contributed by atoms with Crippen LogP contribution in [0.3, 0.4) is 0 Å². The lowest BCUT2D eigenvalue weighted by atomic mass is 10.0. The molecule has 0 saturated carbocycles. The molecule has 2 N–H and O–H groups in total. The molecule has 0 aromatic heterocycles. The van der Waals surface area contributed by atoms with E-state index in [2.05, 4.69) is 5.32 Å². The fourth-order valence-corrected chi connectivity index (χ4v) is 4.96. The van der Waals surface area contributed by atoms with E-state index in [1.54, 1.807) is 24.3 Å². The fraction of sp³-hybridized carbons (Fsp3) is 0.235. The summed E-state index contributed by atoms with van der Waals surface area (Å²) in [5.41, 5.74) is 0.420. The average molecular weight is 349 g/mol. The zero-order valence-electron chi connectivity index (χ0n) is 12.6. The highest BCUT2D eigenvalue weighted by molar-refractivity contribution is 7.92. The van der Waals surface area contributed by atoms with Gasteiger partial charge in [0.25, 0.3) is 0 Å². The highest BCUT2D eigenvalue weighted by atomic mass is 32.2. The summed E-state index contributed by atoms with van der Waals surface area (Å²) >= 11 is 0. The van der Waals surface area contributed by atoms with Crippen LogP contribution >= 0.6 is 0 Å². The molecule has 1 saturated heterocycles. The number of benzene rings is 2. The minimum Gasteiger partial charge on any atom is -0.480 e. The molecule has 1 fully saturated rings. The molecule has 0 spiro atoms. The summed E-state index contributed by atoms with van der Waals surface area (Å²) < 4.78 is 39.4. The molecule has 3 rings (SSSR count). The van der Waals surface area contributed by atoms with E-state index >= 15 is 0 Å². The van der Waals surface area contributed by atoms with Crippen molar-refractivity contribution in [1.82, 2.24) is 5.32 Å². The predicted molar refractivity (Wildman–Crippen MR) is 85.7 cm³/mol. The number of carboxylic acid groups (broad SMARTS) is 1. The van der Waals surface area contributed by atoms with Crippen LogP contribution in [0, 0.1) is 5.82 Å². The molecule has 5 nitrogen and oxygen atoms in total. The predicted octanol–water partition coefficient (Wildman–Crippen LogP) is 2.16. The average Bonchev–Trinajstić information content (AvgIpc) is 3.02. The van der Waals surface area contributed by atoms with Gasteiger partial charge in [-0.1, -0.05) is 30.3 Å². The van der Waals surface area contributed by atoms with Gasteiger partial charge in [-0.15, -0.1) is 0 Å². The van der Waals surface area contributed by atoms with Gasteiger partial charge >= 0.3 is 5.97 Å². The first kappa shape index (κ1) is 16.6. The molecule has 2 aromatic carbocycles. The SMILES string of the molecule is O=C(O)[C@H]1C[C@H](S(=O)(=O)c2ccccc2)[C@@H](c2cccc(F)c2)N1. The van der Waals surface area contributed by atoms with E-state index in [9.17, 15) is 22.7 Å². The molecule has 1 aliphatic rings. The lowest BCUT2D eigenvalue weighted by Crippen LogP contribution is -2.32. The normalized spacial score (nSPS) is 24.0. The molecule has 2 aromatic rings. The van der Waals surface area contributed by atoms with Gasteiger partial charge in [0.05, 0.1) is 16.2 Å². The Balaban J connectivity index is 2.04. The van der Waals surface area contributed by atoms with Crippen LogP contribution in [0.2, 0.25) is 0 Å². The van der Waals surface area contributed by atoms with E-state index in [-0.39, 0.29) is 11.3 Å². The highest BCUT2D eigenvalue weighted by Gasteiger charge is 2.45. The maximum Gasteiger partial charge on any atom is 0.320 e. The number of carbonyl (C=O) groups is 1. The van der Waals surface area contributed by atoms with Crippen molar-refractivity contribution in [3.8, 4) is 0 Å². The van der Waals surface area contributed by atoms with Crippen molar-refractivity contribution >= 4 is 15.8 Å². The third-order valence-corrected chi connectivity index (χ3v) is 6.39. The number of nitrogens with one attached hydrogen (secondary N) is 1. The fourth-order valence-electron chi connectivity index (χ4n) is 3.03. The first-order chi connectivity index (χ1) is 11.4. The second kappa shape index (κ2) is 6.33. The van der Waals surface area contributed by atoms with E-state index in [4.69, 9.17) is 0 Å². The Morgan fingerprint density at radius 3 is 2.46 bits per heavy atom. The van der Waals surface area contributed by atoms with Gasteiger partial charge in [0.2, 0.25) is 0 Å². The molecule has 24 heavy (non-hydrogen) atoms. The minimum absolute atomic E-state index is 0.0757. The maximum atomic E-state index is 13.5. The maximum absolute atomic E-state index is 13.5. The van der Waals surface area contributed by atoms with Gasteiger partial charge in [0.1, 0.15) is 11.9 Å². The Kier molecular flexibility index (Phi) is 4.38.